The van der Waals surface area contributed by atoms with Crippen molar-refractivity contribution in [3.05, 3.63) is 0 Å². The van der Waals surface area contributed by atoms with Gasteiger partial charge in [0, 0.05) is 26.2 Å². The molecule has 0 saturated carbocycles. The van der Waals surface area contributed by atoms with Crippen LogP contribution in [0.15, 0.2) is 0 Å². The number of quaternary nitrogens is 2. The molecule has 3 heterocycles. The summed E-state index contributed by atoms with van der Waals surface area (Å²) in [6.07, 6.45) is 8.22. The molecule has 6 heteroatoms. The smallest absolute Gasteiger partial charge is 0.327 e. The largest absolute Gasteiger partial charge is 0.340 e. The monoisotopic (exact) mass is 380 g/mol. The van der Waals surface area contributed by atoms with Gasteiger partial charge in [-0.3, -0.25) is 14.2 Å². The van der Waals surface area contributed by atoms with Gasteiger partial charge in [0.25, 0.3) is 0 Å². The minimum absolute atomic E-state index is 0.306. The number of hydrogen-bond acceptors (Lipinski definition) is 3. The molecule has 3 rings (SSSR count). The van der Waals surface area contributed by atoms with Crippen LogP contribution in [0.25, 0.3) is 0 Å². The molecule has 3 aliphatic rings. The average Bonchev–Trinajstić information content (AvgIpc) is 2.68. The number of rotatable bonds is 5. The zero-order valence-corrected chi connectivity index (χ0v) is 17.6. The van der Waals surface area contributed by atoms with E-state index in [1.54, 1.807) is 0 Å². The molecule has 0 aromatic heterocycles. The predicted molar refractivity (Wildman–Crippen MR) is 107 cm³/mol. The third kappa shape index (κ3) is 5.52. The van der Waals surface area contributed by atoms with Crippen LogP contribution in [0.1, 0.15) is 44.9 Å². The summed E-state index contributed by atoms with van der Waals surface area (Å²) >= 11 is 0. The molecule has 3 aliphatic heterocycles. The van der Waals surface area contributed by atoms with E-state index in [0.717, 1.165) is 50.3 Å². The van der Waals surface area contributed by atoms with Gasteiger partial charge < -0.3 is 9.38 Å². The number of hydrogen-bond donors (Lipinski definition) is 0. The van der Waals surface area contributed by atoms with Crippen LogP contribution in [0.3, 0.4) is 0 Å². The molecule has 0 spiro atoms. The highest BCUT2D eigenvalue weighted by Gasteiger charge is 2.35. The van der Waals surface area contributed by atoms with E-state index < -0.39 is 0 Å². The third-order valence-corrected chi connectivity index (χ3v) is 7.25. The number of carbonyl (C=O) groups is 2. The summed E-state index contributed by atoms with van der Waals surface area (Å²) in [5.74, 6) is 0.665. The highest BCUT2D eigenvalue weighted by Crippen LogP contribution is 2.19. The summed E-state index contributed by atoms with van der Waals surface area (Å²) in [5, 5.41) is 0. The molecular formula is C21H40N4O2+2. The second-order valence-corrected chi connectivity index (χ2v) is 9.56. The molecule has 0 N–H and O–H groups in total. The fourth-order valence-electron chi connectivity index (χ4n) is 5.00. The van der Waals surface area contributed by atoms with Crippen molar-refractivity contribution >= 4 is 11.8 Å². The summed E-state index contributed by atoms with van der Waals surface area (Å²) in [6, 6.07) is 0. The minimum Gasteiger partial charge on any atom is -0.340 e. The number of nitrogens with zero attached hydrogens (tertiary/aromatic N) is 4. The van der Waals surface area contributed by atoms with Crippen molar-refractivity contribution in [3.63, 3.8) is 0 Å². The first-order valence-corrected chi connectivity index (χ1v) is 11.1. The Labute approximate surface area is 165 Å². The normalized spacial score (nSPS) is 25.9. The second kappa shape index (κ2) is 9.01. The van der Waals surface area contributed by atoms with Crippen LogP contribution in [0, 0.1) is 0 Å². The van der Waals surface area contributed by atoms with Crippen LogP contribution in [0.5, 0.6) is 0 Å². The molecular weight excluding hydrogens is 340 g/mol. The Morgan fingerprint density at radius 2 is 1.33 bits per heavy atom. The molecule has 27 heavy (non-hydrogen) atoms. The minimum atomic E-state index is 0.306. The van der Waals surface area contributed by atoms with Crippen molar-refractivity contribution in [2.75, 3.05) is 79.5 Å². The second-order valence-electron chi connectivity index (χ2n) is 9.56. The van der Waals surface area contributed by atoms with Crippen molar-refractivity contribution in [3.8, 4) is 0 Å². The highest BCUT2D eigenvalue weighted by atomic mass is 16.2. The average molecular weight is 381 g/mol. The summed E-state index contributed by atoms with van der Waals surface area (Å²) in [6.45, 7) is 9.19. The lowest BCUT2D eigenvalue weighted by atomic mass is 10.1. The zero-order valence-electron chi connectivity index (χ0n) is 17.6. The fourth-order valence-corrected chi connectivity index (χ4v) is 5.00. The molecule has 0 radical (unpaired) electrons. The molecule has 6 nitrogen and oxygen atoms in total. The van der Waals surface area contributed by atoms with E-state index >= 15 is 0 Å². The van der Waals surface area contributed by atoms with E-state index in [4.69, 9.17) is 0 Å². The molecule has 0 aromatic rings. The summed E-state index contributed by atoms with van der Waals surface area (Å²) in [5.41, 5.74) is 0. The standard InChI is InChI=1S/C21H40N4O2/c1-24(14-5-3-6-15-24)18-9-20(26)23-12-10-22(11-13-23)19-21(27)25(2)16-7-4-8-17-25/h3-19H2,1-2H3/q+2. The number of likely N-dealkylation sites (N-methyl/N-ethyl adjacent to an activating group) is 1. The first kappa shape index (κ1) is 20.7. The lowest BCUT2D eigenvalue weighted by molar-refractivity contribution is -0.913. The Balaban J connectivity index is 1.39. The van der Waals surface area contributed by atoms with Crippen molar-refractivity contribution in [2.45, 2.75) is 44.9 Å². The molecule has 3 saturated heterocycles. The van der Waals surface area contributed by atoms with E-state index in [0.29, 0.717) is 29.3 Å². The Morgan fingerprint density at radius 3 is 1.93 bits per heavy atom. The van der Waals surface area contributed by atoms with Gasteiger partial charge in [0.05, 0.1) is 53.2 Å². The van der Waals surface area contributed by atoms with Crippen LogP contribution in [-0.2, 0) is 9.59 Å². The summed E-state index contributed by atoms with van der Waals surface area (Å²) in [4.78, 5) is 29.7. The molecule has 154 valence electrons. The van der Waals surface area contributed by atoms with E-state index in [1.165, 1.54) is 51.6 Å². The van der Waals surface area contributed by atoms with Crippen LogP contribution < -0.4 is 0 Å². The highest BCUT2D eigenvalue weighted by molar-refractivity contribution is 5.76. The quantitative estimate of drug-likeness (QED) is 0.675. The van der Waals surface area contributed by atoms with Crippen molar-refractivity contribution in [2.24, 2.45) is 0 Å². The van der Waals surface area contributed by atoms with Gasteiger partial charge in [0.2, 0.25) is 5.91 Å². The van der Waals surface area contributed by atoms with Crippen LogP contribution >= 0.6 is 0 Å². The van der Waals surface area contributed by atoms with Gasteiger partial charge in [-0.25, -0.2) is 4.79 Å². The summed E-state index contributed by atoms with van der Waals surface area (Å²) < 4.78 is 1.67. The molecule has 3 fully saturated rings. The van der Waals surface area contributed by atoms with Crippen molar-refractivity contribution in [1.82, 2.24) is 9.80 Å². The fraction of sp³-hybridized carbons (Fsp3) is 0.905. The Bertz CT molecular complexity index is 516. The number of likely N-dealkylation sites (tertiary alicyclic amines) is 2. The first-order chi connectivity index (χ1) is 12.9. The molecule has 0 atom stereocenters. The molecule has 0 aromatic carbocycles. The van der Waals surface area contributed by atoms with Crippen molar-refractivity contribution in [1.29, 1.82) is 0 Å². The van der Waals surface area contributed by atoms with E-state index in [1.807, 2.05) is 4.90 Å². The number of amides is 2. The van der Waals surface area contributed by atoms with Gasteiger partial charge in [-0.15, -0.1) is 0 Å². The Hall–Kier alpha value is -0.980. The maximum absolute atomic E-state index is 12.8. The Kier molecular flexibility index (Phi) is 6.93. The first-order valence-electron chi connectivity index (χ1n) is 11.1. The van der Waals surface area contributed by atoms with Gasteiger partial charge in [0.1, 0.15) is 6.54 Å². The number of piperidine rings is 2. The van der Waals surface area contributed by atoms with Gasteiger partial charge in [-0.1, -0.05) is 0 Å². The van der Waals surface area contributed by atoms with E-state index in [-0.39, 0.29) is 0 Å². The lowest BCUT2D eigenvalue weighted by Gasteiger charge is -2.40. The maximum Gasteiger partial charge on any atom is 0.327 e. The SMILES string of the molecule is C[N+]1(CCC(=O)N2CCN(CC(=O)[N+]3(C)CCCCC3)CC2)CCCCC1. The van der Waals surface area contributed by atoms with Crippen LogP contribution in [-0.4, -0.2) is 110 Å². The van der Waals surface area contributed by atoms with Crippen molar-refractivity contribution < 1.29 is 18.6 Å². The van der Waals surface area contributed by atoms with Gasteiger partial charge in [-0.2, -0.15) is 0 Å². The van der Waals surface area contributed by atoms with E-state index in [2.05, 4.69) is 19.0 Å². The topological polar surface area (TPSA) is 40.6 Å². The maximum atomic E-state index is 12.8. The molecule has 0 bridgehead atoms. The Morgan fingerprint density at radius 1 is 0.778 bits per heavy atom. The van der Waals surface area contributed by atoms with Gasteiger partial charge >= 0.3 is 5.91 Å². The number of carbonyl (C=O) groups excluding carboxylic acids is 2. The molecule has 0 aliphatic carbocycles. The van der Waals surface area contributed by atoms with Gasteiger partial charge in [0.15, 0.2) is 0 Å². The zero-order chi connectivity index (χ0) is 19.3. The van der Waals surface area contributed by atoms with Crippen LogP contribution in [0.4, 0.5) is 0 Å². The summed E-state index contributed by atoms with van der Waals surface area (Å²) in [7, 11) is 4.41. The number of piperazine rings is 1. The molecule has 2 amide bonds. The third-order valence-electron chi connectivity index (χ3n) is 7.25. The lowest BCUT2D eigenvalue weighted by Crippen LogP contribution is -2.58. The predicted octanol–water partition coefficient (Wildman–Crippen LogP) is 1.31. The van der Waals surface area contributed by atoms with Crippen LogP contribution in [0.2, 0.25) is 0 Å². The van der Waals surface area contributed by atoms with Gasteiger partial charge in [-0.05, 0) is 38.5 Å². The van der Waals surface area contributed by atoms with E-state index in [9.17, 15) is 9.59 Å². The molecule has 0 unspecified atom stereocenters.